The average molecular weight is 239 g/mol. The fraction of sp³-hybridized carbons (Fsp3) is 0.667. The van der Waals surface area contributed by atoms with Gasteiger partial charge in [-0.05, 0) is 24.9 Å². The zero-order valence-electron chi connectivity index (χ0n) is 9.91. The lowest BCUT2D eigenvalue weighted by Gasteiger charge is -2.31. The maximum absolute atomic E-state index is 3.54. The van der Waals surface area contributed by atoms with Gasteiger partial charge in [0.25, 0.3) is 0 Å². The van der Waals surface area contributed by atoms with Gasteiger partial charge in [-0.3, -0.25) is 0 Å². The molecule has 90 valence electrons. The first-order valence-electron chi connectivity index (χ1n) is 5.99. The molecule has 3 nitrogen and oxygen atoms in total. The predicted octanol–water partition coefficient (Wildman–Crippen LogP) is 0.784. The van der Waals surface area contributed by atoms with Gasteiger partial charge in [-0.25, -0.2) is 0 Å². The summed E-state index contributed by atoms with van der Waals surface area (Å²) in [4.78, 5) is 3.86. The first-order valence-corrected chi connectivity index (χ1v) is 6.87. The summed E-state index contributed by atoms with van der Waals surface area (Å²) in [5, 5.41) is 9.22. The molecule has 1 aromatic heterocycles. The first kappa shape index (κ1) is 12.0. The zero-order valence-corrected chi connectivity index (χ0v) is 10.7. The summed E-state index contributed by atoms with van der Waals surface area (Å²) in [6, 6.07) is 4.94. The number of hydrogen-bond donors (Lipinski definition) is 2. The van der Waals surface area contributed by atoms with Gasteiger partial charge in [0, 0.05) is 43.6 Å². The fourth-order valence-electron chi connectivity index (χ4n) is 2.07. The molecule has 1 aromatic rings. The Hall–Kier alpha value is -0.420. The Kier molecular flexibility index (Phi) is 4.78. The van der Waals surface area contributed by atoms with Crippen molar-refractivity contribution in [2.45, 2.75) is 12.5 Å². The van der Waals surface area contributed by atoms with Gasteiger partial charge in [0.15, 0.2) is 0 Å². The predicted molar refractivity (Wildman–Crippen MR) is 70.2 cm³/mol. The van der Waals surface area contributed by atoms with E-state index in [-0.39, 0.29) is 0 Å². The van der Waals surface area contributed by atoms with E-state index in [2.05, 4.69) is 40.1 Å². The second-order valence-electron chi connectivity index (χ2n) is 4.45. The smallest absolute Gasteiger partial charge is 0.0320 e. The van der Waals surface area contributed by atoms with Crippen molar-refractivity contribution >= 4 is 11.3 Å². The second-order valence-corrected chi connectivity index (χ2v) is 5.48. The molecule has 0 aliphatic carbocycles. The molecule has 1 unspecified atom stereocenters. The molecular formula is C12H21N3S. The minimum absolute atomic E-state index is 0.613. The topological polar surface area (TPSA) is 27.3 Å². The van der Waals surface area contributed by atoms with Gasteiger partial charge in [-0.15, -0.1) is 11.3 Å². The van der Waals surface area contributed by atoms with Crippen LogP contribution in [0.1, 0.15) is 4.88 Å². The van der Waals surface area contributed by atoms with Gasteiger partial charge < -0.3 is 15.5 Å². The quantitative estimate of drug-likeness (QED) is 0.744. The van der Waals surface area contributed by atoms with E-state index in [1.807, 2.05) is 11.3 Å². The van der Waals surface area contributed by atoms with Crippen LogP contribution in [0.2, 0.25) is 0 Å². The van der Waals surface area contributed by atoms with Crippen molar-refractivity contribution in [1.82, 2.24) is 15.5 Å². The van der Waals surface area contributed by atoms with Gasteiger partial charge in [-0.2, -0.15) is 0 Å². The van der Waals surface area contributed by atoms with Crippen molar-refractivity contribution in [1.29, 1.82) is 0 Å². The zero-order chi connectivity index (χ0) is 11.2. The lowest BCUT2D eigenvalue weighted by molar-refractivity contribution is 0.235. The third-order valence-corrected chi connectivity index (χ3v) is 3.91. The summed E-state index contributed by atoms with van der Waals surface area (Å²) in [5.74, 6) is 0. The van der Waals surface area contributed by atoms with Crippen molar-refractivity contribution < 1.29 is 0 Å². The number of piperazine rings is 1. The average Bonchev–Trinajstić information content (AvgIpc) is 2.77. The van der Waals surface area contributed by atoms with Crippen LogP contribution in [0, 0.1) is 0 Å². The van der Waals surface area contributed by atoms with Crippen molar-refractivity contribution in [2.24, 2.45) is 0 Å². The van der Waals surface area contributed by atoms with Crippen molar-refractivity contribution in [2.75, 3.05) is 39.8 Å². The number of hydrogen-bond acceptors (Lipinski definition) is 4. The Morgan fingerprint density at radius 3 is 3.31 bits per heavy atom. The highest BCUT2D eigenvalue weighted by Gasteiger charge is 2.15. The first-order chi connectivity index (χ1) is 7.84. The summed E-state index contributed by atoms with van der Waals surface area (Å²) in [6.45, 7) is 5.61. The Morgan fingerprint density at radius 2 is 2.56 bits per heavy atom. The summed E-state index contributed by atoms with van der Waals surface area (Å²) >= 11 is 1.85. The Bertz CT molecular complexity index is 286. The minimum Gasteiger partial charge on any atom is -0.315 e. The molecule has 0 amide bonds. The van der Waals surface area contributed by atoms with E-state index >= 15 is 0 Å². The molecule has 0 bridgehead atoms. The van der Waals surface area contributed by atoms with Gasteiger partial charge in [0.2, 0.25) is 0 Å². The van der Waals surface area contributed by atoms with E-state index in [1.54, 1.807) is 0 Å². The normalized spacial score (nSPS) is 22.4. The Labute approximate surface area is 102 Å². The van der Waals surface area contributed by atoms with E-state index in [0.29, 0.717) is 6.04 Å². The van der Waals surface area contributed by atoms with E-state index in [1.165, 1.54) is 11.4 Å². The molecule has 1 aliphatic heterocycles. The van der Waals surface area contributed by atoms with Crippen molar-refractivity contribution in [3.8, 4) is 0 Å². The van der Waals surface area contributed by atoms with Crippen LogP contribution < -0.4 is 10.6 Å². The van der Waals surface area contributed by atoms with Crippen LogP contribution >= 0.6 is 11.3 Å². The standard InChI is InChI=1S/C12H21N3S/c1-15-7-6-14-11(10-15)9-13-5-4-12-3-2-8-16-12/h2-3,8,11,13-14H,4-7,9-10H2,1H3. The Balaban J connectivity index is 1.57. The van der Waals surface area contributed by atoms with Gasteiger partial charge in [0.05, 0.1) is 0 Å². The summed E-state index contributed by atoms with van der Waals surface area (Å²) in [7, 11) is 2.19. The largest absolute Gasteiger partial charge is 0.315 e. The molecule has 2 N–H and O–H groups in total. The molecule has 1 fully saturated rings. The second kappa shape index (κ2) is 6.35. The fourth-order valence-corrected chi connectivity index (χ4v) is 2.78. The molecule has 2 heterocycles. The molecule has 16 heavy (non-hydrogen) atoms. The van der Waals surface area contributed by atoms with Gasteiger partial charge in [-0.1, -0.05) is 6.07 Å². The van der Waals surface area contributed by atoms with Crippen LogP contribution in [0.25, 0.3) is 0 Å². The third kappa shape index (κ3) is 3.87. The highest BCUT2D eigenvalue weighted by molar-refractivity contribution is 7.09. The Morgan fingerprint density at radius 1 is 1.62 bits per heavy atom. The highest BCUT2D eigenvalue weighted by Crippen LogP contribution is 2.08. The van der Waals surface area contributed by atoms with E-state index in [9.17, 15) is 0 Å². The molecule has 0 saturated carbocycles. The van der Waals surface area contributed by atoms with Crippen LogP contribution in [0.3, 0.4) is 0 Å². The maximum Gasteiger partial charge on any atom is 0.0320 e. The van der Waals surface area contributed by atoms with Crippen molar-refractivity contribution in [3.63, 3.8) is 0 Å². The molecule has 1 atom stereocenters. The molecule has 1 saturated heterocycles. The molecule has 0 radical (unpaired) electrons. The summed E-state index contributed by atoms with van der Waals surface area (Å²) < 4.78 is 0. The van der Waals surface area contributed by atoms with Gasteiger partial charge in [0.1, 0.15) is 0 Å². The van der Waals surface area contributed by atoms with Crippen LogP contribution in [-0.4, -0.2) is 50.7 Å². The van der Waals surface area contributed by atoms with Crippen LogP contribution in [-0.2, 0) is 6.42 Å². The number of likely N-dealkylation sites (N-methyl/N-ethyl adjacent to an activating group) is 1. The minimum atomic E-state index is 0.613. The molecular weight excluding hydrogens is 218 g/mol. The van der Waals surface area contributed by atoms with E-state index in [0.717, 1.165) is 32.6 Å². The van der Waals surface area contributed by atoms with E-state index < -0.39 is 0 Å². The number of nitrogens with zero attached hydrogens (tertiary/aromatic N) is 1. The molecule has 1 aliphatic rings. The summed E-state index contributed by atoms with van der Waals surface area (Å²) in [5.41, 5.74) is 0. The SMILES string of the molecule is CN1CCNC(CNCCc2cccs2)C1. The summed E-state index contributed by atoms with van der Waals surface area (Å²) in [6.07, 6.45) is 1.15. The lowest BCUT2D eigenvalue weighted by atomic mass is 10.2. The van der Waals surface area contributed by atoms with Crippen LogP contribution in [0.15, 0.2) is 17.5 Å². The van der Waals surface area contributed by atoms with Crippen LogP contribution in [0.4, 0.5) is 0 Å². The molecule has 4 heteroatoms. The van der Waals surface area contributed by atoms with Crippen LogP contribution in [0.5, 0.6) is 0 Å². The van der Waals surface area contributed by atoms with Crippen molar-refractivity contribution in [3.05, 3.63) is 22.4 Å². The number of nitrogens with one attached hydrogen (secondary N) is 2. The monoisotopic (exact) mass is 239 g/mol. The molecule has 0 spiro atoms. The number of rotatable bonds is 5. The third-order valence-electron chi connectivity index (χ3n) is 2.98. The van der Waals surface area contributed by atoms with Gasteiger partial charge >= 0.3 is 0 Å². The molecule has 0 aromatic carbocycles. The lowest BCUT2D eigenvalue weighted by Crippen LogP contribution is -2.53. The van der Waals surface area contributed by atoms with E-state index in [4.69, 9.17) is 0 Å². The maximum atomic E-state index is 3.54. The number of thiophene rings is 1. The molecule has 2 rings (SSSR count). The highest BCUT2D eigenvalue weighted by atomic mass is 32.1.